The number of carbonyl (C=O) groups excluding carboxylic acids is 1. The van der Waals surface area contributed by atoms with Gasteiger partial charge in [0.2, 0.25) is 5.95 Å². The molecule has 0 aromatic carbocycles. The van der Waals surface area contributed by atoms with E-state index in [0.717, 1.165) is 55.2 Å². The van der Waals surface area contributed by atoms with E-state index in [1.807, 2.05) is 23.2 Å². The molecule has 5 rings (SSSR count). The SMILES string of the molecule is O=C(c1ccco1)N1CCC[C@H](c2nc(N3CCCC3)ncc2-c2ccncc2)C1. The van der Waals surface area contributed by atoms with Crippen LogP contribution < -0.4 is 4.90 Å². The summed E-state index contributed by atoms with van der Waals surface area (Å²) in [5, 5.41) is 0. The van der Waals surface area contributed by atoms with Crippen LogP contribution in [0.4, 0.5) is 5.95 Å². The van der Waals surface area contributed by atoms with Crippen LogP contribution in [0.25, 0.3) is 11.1 Å². The molecule has 0 saturated carbocycles. The number of pyridine rings is 1. The van der Waals surface area contributed by atoms with Gasteiger partial charge in [-0.05, 0) is 55.5 Å². The molecule has 1 amide bonds. The molecule has 0 bridgehead atoms. The zero-order chi connectivity index (χ0) is 20.3. The number of aromatic nitrogens is 3. The van der Waals surface area contributed by atoms with Gasteiger partial charge in [-0.1, -0.05) is 0 Å². The zero-order valence-electron chi connectivity index (χ0n) is 16.9. The molecule has 5 heterocycles. The zero-order valence-corrected chi connectivity index (χ0v) is 16.9. The molecule has 3 aromatic rings. The minimum atomic E-state index is -0.0519. The predicted octanol–water partition coefficient (Wildman–Crippen LogP) is 3.75. The van der Waals surface area contributed by atoms with Gasteiger partial charge in [0.15, 0.2) is 5.76 Å². The van der Waals surface area contributed by atoms with Gasteiger partial charge in [0, 0.05) is 56.3 Å². The first kappa shape index (κ1) is 18.8. The number of rotatable bonds is 4. The third-order valence-electron chi connectivity index (χ3n) is 6.01. The van der Waals surface area contributed by atoms with Crippen molar-refractivity contribution in [1.29, 1.82) is 0 Å². The number of amides is 1. The summed E-state index contributed by atoms with van der Waals surface area (Å²) in [6.45, 7) is 3.38. The molecule has 7 heteroatoms. The van der Waals surface area contributed by atoms with Gasteiger partial charge in [-0.2, -0.15) is 0 Å². The predicted molar refractivity (Wildman–Crippen MR) is 113 cm³/mol. The van der Waals surface area contributed by atoms with Crippen molar-refractivity contribution in [1.82, 2.24) is 19.9 Å². The van der Waals surface area contributed by atoms with Crippen LogP contribution in [0, 0.1) is 0 Å². The first-order valence-electron chi connectivity index (χ1n) is 10.6. The van der Waals surface area contributed by atoms with Gasteiger partial charge in [-0.15, -0.1) is 0 Å². The van der Waals surface area contributed by atoms with E-state index in [9.17, 15) is 4.79 Å². The quantitative estimate of drug-likeness (QED) is 0.660. The lowest BCUT2D eigenvalue weighted by Gasteiger charge is -2.33. The molecular weight excluding hydrogens is 378 g/mol. The molecule has 2 saturated heterocycles. The molecule has 0 N–H and O–H groups in total. The number of anilines is 1. The van der Waals surface area contributed by atoms with Crippen molar-refractivity contribution < 1.29 is 9.21 Å². The Balaban J connectivity index is 1.49. The molecule has 0 radical (unpaired) electrons. The van der Waals surface area contributed by atoms with E-state index in [1.165, 1.54) is 12.8 Å². The van der Waals surface area contributed by atoms with Gasteiger partial charge in [0.1, 0.15) is 0 Å². The van der Waals surface area contributed by atoms with E-state index in [-0.39, 0.29) is 11.8 Å². The Morgan fingerprint density at radius 3 is 2.67 bits per heavy atom. The minimum Gasteiger partial charge on any atom is -0.459 e. The second kappa shape index (κ2) is 8.26. The van der Waals surface area contributed by atoms with Gasteiger partial charge in [0.05, 0.1) is 12.0 Å². The lowest BCUT2D eigenvalue weighted by atomic mass is 9.90. The summed E-state index contributed by atoms with van der Waals surface area (Å²) in [6.07, 6.45) is 11.4. The maximum atomic E-state index is 12.9. The molecule has 2 aliphatic rings. The number of hydrogen-bond donors (Lipinski definition) is 0. The summed E-state index contributed by atoms with van der Waals surface area (Å²) in [5.74, 6) is 1.30. The normalized spacial score (nSPS) is 19.3. The molecule has 2 fully saturated rings. The molecule has 154 valence electrons. The number of carbonyl (C=O) groups is 1. The molecule has 1 atom stereocenters. The smallest absolute Gasteiger partial charge is 0.289 e. The lowest BCUT2D eigenvalue weighted by molar-refractivity contribution is 0.0674. The van der Waals surface area contributed by atoms with Crippen LogP contribution in [0.3, 0.4) is 0 Å². The van der Waals surface area contributed by atoms with Crippen LogP contribution >= 0.6 is 0 Å². The van der Waals surface area contributed by atoms with Crippen molar-refractivity contribution in [3.63, 3.8) is 0 Å². The van der Waals surface area contributed by atoms with E-state index < -0.39 is 0 Å². The molecular formula is C23H25N5O2. The highest BCUT2D eigenvalue weighted by atomic mass is 16.3. The number of likely N-dealkylation sites (tertiary alicyclic amines) is 1. The summed E-state index contributed by atoms with van der Waals surface area (Å²) in [5.41, 5.74) is 3.11. The highest BCUT2D eigenvalue weighted by Gasteiger charge is 2.30. The average molecular weight is 403 g/mol. The van der Waals surface area contributed by atoms with E-state index in [4.69, 9.17) is 9.40 Å². The molecule has 7 nitrogen and oxygen atoms in total. The monoisotopic (exact) mass is 403 g/mol. The molecule has 30 heavy (non-hydrogen) atoms. The molecule has 2 aliphatic heterocycles. The van der Waals surface area contributed by atoms with Crippen LogP contribution in [-0.4, -0.2) is 51.9 Å². The summed E-state index contributed by atoms with van der Waals surface area (Å²) in [7, 11) is 0. The fourth-order valence-electron chi connectivity index (χ4n) is 4.46. The second-order valence-electron chi connectivity index (χ2n) is 7.97. The van der Waals surface area contributed by atoms with Crippen LogP contribution in [0.5, 0.6) is 0 Å². The van der Waals surface area contributed by atoms with Crippen LogP contribution in [0.2, 0.25) is 0 Å². The van der Waals surface area contributed by atoms with Crippen molar-refractivity contribution >= 4 is 11.9 Å². The molecule has 0 aliphatic carbocycles. The number of nitrogens with zero attached hydrogens (tertiary/aromatic N) is 5. The Kier molecular flexibility index (Phi) is 5.17. The van der Waals surface area contributed by atoms with E-state index >= 15 is 0 Å². The topological polar surface area (TPSA) is 75.4 Å². The van der Waals surface area contributed by atoms with Gasteiger partial charge in [0.25, 0.3) is 5.91 Å². The number of piperidine rings is 1. The third kappa shape index (κ3) is 3.67. The van der Waals surface area contributed by atoms with Crippen molar-refractivity contribution in [3.8, 4) is 11.1 Å². The van der Waals surface area contributed by atoms with E-state index in [2.05, 4.69) is 14.9 Å². The maximum Gasteiger partial charge on any atom is 0.289 e. The Hall–Kier alpha value is -3.22. The largest absolute Gasteiger partial charge is 0.459 e. The second-order valence-corrected chi connectivity index (χ2v) is 7.97. The average Bonchev–Trinajstić information content (AvgIpc) is 3.53. The summed E-state index contributed by atoms with van der Waals surface area (Å²) in [4.78, 5) is 30.9. The molecule has 0 spiro atoms. The Morgan fingerprint density at radius 1 is 1.07 bits per heavy atom. The van der Waals surface area contributed by atoms with E-state index in [1.54, 1.807) is 30.8 Å². The fraction of sp³-hybridized carbons (Fsp3) is 0.391. The summed E-state index contributed by atoms with van der Waals surface area (Å²) < 4.78 is 5.34. The van der Waals surface area contributed by atoms with Gasteiger partial charge < -0.3 is 14.2 Å². The van der Waals surface area contributed by atoms with Crippen LogP contribution in [0.15, 0.2) is 53.5 Å². The number of furan rings is 1. The first-order chi connectivity index (χ1) is 14.8. The van der Waals surface area contributed by atoms with Gasteiger partial charge in [-0.3, -0.25) is 9.78 Å². The van der Waals surface area contributed by atoms with Crippen molar-refractivity contribution in [2.24, 2.45) is 0 Å². The van der Waals surface area contributed by atoms with Crippen molar-refractivity contribution in [2.75, 3.05) is 31.1 Å². The van der Waals surface area contributed by atoms with Crippen molar-refractivity contribution in [3.05, 3.63) is 60.6 Å². The summed E-state index contributed by atoms with van der Waals surface area (Å²) in [6, 6.07) is 7.46. The molecule has 0 unspecified atom stereocenters. The van der Waals surface area contributed by atoms with E-state index in [0.29, 0.717) is 12.3 Å². The van der Waals surface area contributed by atoms with Crippen molar-refractivity contribution in [2.45, 2.75) is 31.6 Å². The standard InChI is InChI=1S/C23H25N5O2/c29-22(20-6-4-14-30-20)28-13-3-5-18(16-28)21-19(17-7-9-24-10-8-17)15-25-23(26-21)27-11-1-2-12-27/h4,6-10,14-15,18H,1-3,5,11-13,16H2/t18-/m0/s1. The Bertz CT molecular complexity index is 1000. The minimum absolute atomic E-state index is 0.0519. The number of hydrogen-bond acceptors (Lipinski definition) is 6. The fourth-order valence-corrected chi connectivity index (χ4v) is 4.46. The highest BCUT2D eigenvalue weighted by molar-refractivity contribution is 5.91. The Labute approximate surface area is 175 Å². The lowest BCUT2D eigenvalue weighted by Crippen LogP contribution is -2.39. The Morgan fingerprint density at radius 2 is 1.90 bits per heavy atom. The van der Waals surface area contributed by atoms with Crippen LogP contribution in [0.1, 0.15) is 47.8 Å². The highest BCUT2D eigenvalue weighted by Crippen LogP contribution is 2.34. The van der Waals surface area contributed by atoms with Crippen LogP contribution in [-0.2, 0) is 0 Å². The molecule has 3 aromatic heterocycles. The van der Waals surface area contributed by atoms with Gasteiger partial charge >= 0.3 is 0 Å². The third-order valence-corrected chi connectivity index (χ3v) is 6.01. The van der Waals surface area contributed by atoms with Gasteiger partial charge in [-0.25, -0.2) is 9.97 Å². The maximum absolute atomic E-state index is 12.9. The first-order valence-corrected chi connectivity index (χ1v) is 10.6. The summed E-state index contributed by atoms with van der Waals surface area (Å²) >= 11 is 0.